The molecule has 1 aliphatic rings. The van der Waals surface area contributed by atoms with Crippen molar-refractivity contribution in [3.8, 4) is 0 Å². The Morgan fingerprint density at radius 3 is 2.00 bits per heavy atom. The smallest absolute Gasteiger partial charge is 0.367 e. The van der Waals surface area contributed by atoms with Gasteiger partial charge in [0.25, 0.3) is 0 Å². The molecule has 1 fully saturated rings. The fourth-order valence-corrected chi connectivity index (χ4v) is 3.95. The molecule has 0 amide bonds. The largest absolute Gasteiger partial charge is 0.588 e. The number of hydrogen-bond acceptors (Lipinski definition) is 4. The highest BCUT2D eigenvalue weighted by molar-refractivity contribution is 5.68. The van der Waals surface area contributed by atoms with Crippen LogP contribution in [0.2, 0.25) is 0 Å². The monoisotopic (exact) mass is 343 g/mol. The number of aliphatic hydroxyl groups excluding tert-OH is 1. The number of hydroxylamine groups is 4. The second kappa shape index (κ2) is 8.63. The van der Waals surface area contributed by atoms with Crippen LogP contribution in [0, 0.1) is 5.21 Å². The third-order valence-electron chi connectivity index (χ3n) is 5.28. The lowest BCUT2D eigenvalue weighted by molar-refractivity contribution is -1.13. The van der Waals surface area contributed by atoms with E-state index in [0.29, 0.717) is 19.3 Å². The summed E-state index contributed by atoms with van der Waals surface area (Å²) in [6.45, 7) is 9.27. The summed E-state index contributed by atoms with van der Waals surface area (Å²) >= 11 is 0. The minimum atomic E-state index is -1.01. The topological polar surface area (TPSA) is 69.6 Å². The summed E-state index contributed by atoms with van der Waals surface area (Å²) in [6, 6.07) is 0. The molecule has 0 aliphatic carbocycles. The summed E-state index contributed by atoms with van der Waals surface area (Å²) in [5.74, 6) is -0.420. The maximum Gasteiger partial charge on any atom is 0.367 e. The first-order valence-corrected chi connectivity index (χ1v) is 9.56. The molecular weight excluding hydrogens is 306 g/mol. The van der Waals surface area contributed by atoms with Crippen LogP contribution in [0.4, 0.5) is 0 Å². The number of carbonyl (C=O) groups is 1. The fourth-order valence-electron chi connectivity index (χ4n) is 3.95. The minimum Gasteiger partial charge on any atom is -0.588 e. The van der Waals surface area contributed by atoms with E-state index in [1.165, 1.54) is 25.7 Å². The van der Waals surface area contributed by atoms with Crippen molar-refractivity contribution in [2.45, 2.75) is 116 Å². The first kappa shape index (κ1) is 21.4. The van der Waals surface area contributed by atoms with Crippen molar-refractivity contribution in [1.82, 2.24) is 0 Å². The van der Waals surface area contributed by atoms with Crippen molar-refractivity contribution in [3.63, 3.8) is 0 Å². The van der Waals surface area contributed by atoms with E-state index in [4.69, 9.17) is 4.84 Å². The van der Waals surface area contributed by atoms with Crippen molar-refractivity contribution in [2.24, 2.45) is 0 Å². The van der Waals surface area contributed by atoms with Crippen molar-refractivity contribution in [1.29, 1.82) is 0 Å². The Hall–Kier alpha value is -0.650. The van der Waals surface area contributed by atoms with E-state index in [1.54, 1.807) is 27.7 Å². The molecule has 0 aromatic heterocycles. The van der Waals surface area contributed by atoms with Gasteiger partial charge < -0.3 is 10.3 Å². The van der Waals surface area contributed by atoms with Crippen LogP contribution in [-0.4, -0.2) is 33.1 Å². The first-order chi connectivity index (χ1) is 11.1. The van der Waals surface area contributed by atoms with E-state index in [0.717, 1.165) is 19.3 Å². The third-order valence-corrected chi connectivity index (χ3v) is 5.28. The molecular formula is C19H37NO4. The normalized spacial score (nSPS) is 28.5. The predicted molar refractivity (Wildman–Crippen MR) is 95.7 cm³/mol. The highest BCUT2D eigenvalue weighted by Gasteiger charge is 2.57. The average molecular weight is 344 g/mol. The lowest BCUT2D eigenvalue weighted by atomic mass is 9.79. The number of unbranched alkanes of at least 4 members (excludes halogenated alkanes) is 6. The van der Waals surface area contributed by atoms with Crippen LogP contribution in [-0.2, 0) is 9.63 Å². The van der Waals surface area contributed by atoms with Gasteiger partial charge in [-0.2, -0.15) is 4.81 Å². The van der Waals surface area contributed by atoms with E-state index in [2.05, 4.69) is 6.92 Å². The Bertz CT molecular complexity index is 388. The Morgan fingerprint density at radius 2 is 1.50 bits per heavy atom. The molecule has 5 heteroatoms. The number of hydrogen-bond donors (Lipinski definition) is 1. The van der Waals surface area contributed by atoms with Crippen LogP contribution in [0.5, 0.6) is 0 Å². The van der Waals surface area contributed by atoms with Crippen molar-refractivity contribution in [3.05, 3.63) is 5.21 Å². The summed E-state index contributed by atoms with van der Waals surface area (Å²) in [7, 11) is 0. The molecule has 0 unspecified atom stereocenters. The van der Waals surface area contributed by atoms with Crippen LogP contribution in [0.25, 0.3) is 0 Å². The summed E-state index contributed by atoms with van der Waals surface area (Å²) < 4.78 is 0. The molecule has 0 aromatic rings. The Labute approximate surface area is 147 Å². The van der Waals surface area contributed by atoms with Crippen LogP contribution < -0.4 is 0 Å². The Kier molecular flexibility index (Phi) is 7.70. The number of carbonyl (C=O) groups excluding carboxylic acids is 1. The van der Waals surface area contributed by atoms with Gasteiger partial charge in [-0.3, -0.25) is 4.84 Å². The van der Waals surface area contributed by atoms with E-state index >= 15 is 0 Å². The zero-order valence-corrected chi connectivity index (χ0v) is 16.3. The Morgan fingerprint density at radius 1 is 1.04 bits per heavy atom. The molecule has 0 aromatic carbocycles. The van der Waals surface area contributed by atoms with Gasteiger partial charge in [0.05, 0.1) is 12.5 Å². The predicted octanol–water partition coefficient (Wildman–Crippen LogP) is 4.61. The molecule has 24 heavy (non-hydrogen) atoms. The van der Waals surface area contributed by atoms with Crippen LogP contribution >= 0.6 is 0 Å². The van der Waals surface area contributed by atoms with Crippen molar-refractivity contribution < 1.29 is 19.5 Å². The molecule has 0 atom stereocenters. The fraction of sp³-hybridized carbons (Fsp3) is 0.947. The molecule has 0 saturated carbocycles. The molecule has 0 bridgehead atoms. The summed E-state index contributed by atoms with van der Waals surface area (Å²) in [5.41, 5.74) is -1.70. The van der Waals surface area contributed by atoms with Crippen molar-refractivity contribution in [2.75, 3.05) is 0 Å². The zero-order valence-electron chi connectivity index (χ0n) is 16.3. The van der Waals surface area contributed by atoms with Gasteiger partial charge in [0.1, 0.15) is 11.1 Å². The Balaban J connectivity index is 2.49. The van der Waals surface area contributed by atoms with Gasteiger partial charge in [-0.15, -0.1) is 0 Å². The molecule has 1 heterocycles. The summed E-state index contributed by atoms with van der Waals surface area (Å²) in [4.78, 5) is 16.6. The maximum atomic E-state index is 13.4. The van der Waals surface area contributed by atoms with E-state index in [1.807, 2.05) is 0 Å². The summed E-state index contributed by atoms with van der Waals surface area (Å²) in [6.07, 6.45) is 8.32. The second-order valence-electron chi connectivity index (χ2n) is 8.57. The van der Waals surface area contributed by atoms with Gasteiger partial charge >= 0.3 is 5.97 Å². The lowest BCUT2D eigenvalue weighted by Gasteiger charge is -2.61. The van der Waals surface area contributed by atoms with Gasteiger partial charge in [-0.05, 0) is 34.1 Å². The molecule has 1 rings (SSSR count). The van der Waals surface area contributed by atoms with E-state index in [9.17, 15) is 15.1 Å². The van der Waals surface area contributed by atoms with Gasteiger partial charge in [0, 0.05) is 12.8 Å². The van der Waals surface area contributed by atoms with Crippen molar-refractivity contribution >= 4 is 5.97 Å². The molecule has 1 aliphatic heterocycles. The van der Waals surface area contributed by atoms with Gasteiger partial charge in [0.15, 0.2) is 0 Å². The SMILES string of the molecule is CCCCCCCCCC(=O)O[N+]1([O-])C(C)(C)CC(O)CC1(C)C. The quantitative estimate of drug-likeness (QED) is 0.377. The lowest BCUT2D eigenvalue weighted by Crippen LogP contribution is -2.72. The van der Waals surface area contributed by atoms with Gasteiger partial charge in [0.2, 0.25) is 0 Å². The minimum absolute atomic E-state index is 0.296. The molecule has 0 radical (unpaired) electrons. The molecule has 1 N–H and O–H groups in total. The van der Waals surface area contributed by atoms with Crippen LogP contribution in [0.15, 0.2) is 0 Å². The number of aliphatic hydroxyl groups is 1. The average Bonchev–Trinajstić information content (AvgIpc) is 2.43. The number of quaternary nitrogens is 1. The van der Waals surface area contributed by atoms with Gasteiger partial charge in [-0.1, -0.05) is 45.4 Å². The summed E-state index contributed by atoms with van der Waals surface area (Å²) in [5, 5.41) is 23.4. The van der Waals surface area contributed by atoms with E-state index < -0.39 is 28.0 Å². The molecule has 0 spiro atoms. The number of piperidine rings is 1. The molecule has 142 valence electrons. The number of nitrogens with zero attached hydrogens (tertiary/aromatic N) is 1. The molecule has 5 nitrogen and oxygen atoms in total. The van der Waals surface area contributed by atoms with Gasteiger partial charge in [-0.25, -0.2) is 4.79 Å². The second-order valence-corrected chi connectivity index (χ2v) is 8.57. The zero-order chi connectivity index (χ0) is 18.4. The highest BCUT2D eigenvalue weighted by Crippen LogP contribution is 2.45. The maximum absolute atomic E-state index is 13.4. The van der Waals surface area contributed by atoms with Crippen LogP contribution in [0.3, 0.4) is 0 Å². The van der Waals surface area contributed by atoms with Crippen LogP contribution in [0.1, 0.15) is 98.8 Å². The number of rotatable bonds is 9. The van der Waals surface area contributed by atoms with E-state index in [-0.39, 0.29) is 0 Å². The standard InChI is InChI=1S/C19H37NO4/c1-6-7-8-9-10-11-12-13-17(22)24-20(23)18(2,3)14-16(21)15-19(20,4)5/h16,21H,6-15H2,1-5H3. The highest BCUT2D eigenvalue weighted by atomic mass is 16.9. The molecule has 1 saturated heterocycles. The third kappa shape index (κ3) is 5.17. The first-order valence-electron chi connectivity index (χ1n) is 9.56.